The summed E-state index contributed by atoms with van der Waals surface area (Å²) in [4.78, 5) is 34.9. The molecular formula is C29H35F2N7O. The van der Waals surface area contributed by atoms with Gasteiger partial charge in [0.15, 0.2) is 5.84 Å². The zero-order valence-corrected chi connectivity index (χ0v) is 23.1. The van der Waals surface area contributed by atoms with Gasteiger partial charge in [-0.15, -0.1) is 0 Å². The number of carbonyl (C=O) groups excluding carboxylic acids is 1. The highest BCUT2D eigenvalue weighted by molar-refractivity contribution is 6.11. The molecular weight excluding hydrogens is 500 g/mol. The van der Waals surface area contributed by atoms with Crippen molar-refractivity contribution in [2.45, 2.75) is 20.3 Å². The van der Waals surface area contributed by atoms with Gasteiger partial charge in [0.05, 0.1) is 0 Å². The lowest BCUT2D eigenvalue weighted by Gasteiger charge is -2.35. The number of halogens is 2. The number of carbonyl (C=O) groups is 1. The van der Waals surface area contributed by atoms with Gasteiger partial charge in [-0.2, -0.15) is 4.98 Å². The summed E-state index contributed by atoms with van der Waals surface area (Å²) in [6, 6.07) is 14.0. The van der Waals surface area contributed by atoms with E-state index < -0.39 is 0 Å². The summed E-state index contributed by atoms with van der Waals surface area (Å²) in [7, 11) is 5.48. The molecule has 1 aliphatic heterocycles. The van der Waals surface area contributed by atoms with E-state index >= 15 is 0 Å². The molecule has 0 bridgehead atoms. The Morgan fingerprint density at radius 2 is 1.49 bits per heavy atom. The van der Waals surface area contributed by atoms with Crippen molar-refractivity contribution in [1.29, 1.82) is 0 Å². The van der Waals surface area contributed by atoms with E-state index in [9.17, 15) is 13.6 Å². The molecule has 2 heterocycles. The molecule has 0 unspecified atom stereocenters. The molecule has 39 heavy (non-hydrogen) atoms. The number of hydrogen-bond acceptors (Lipinski definition) is 6. The third kappa shape index (κ3) is 8.39. The lowest BCUT2D eigenvalue weighted by atomic mass is 10.1. The normalized spacial score (nSPS) is 14.0. The van der Waals surface area contributed by atoms with E-state index in [1.165, 1.54) is 24.3 Å². The fraction of sp³-hybridized carbons (Fsp3) is 0.345. The summed E-state index contributed by atoms with van der Waals surface area (Å²) in [5.41, 5.74) is 2.26. The average Bonchev–Trinajstić information content (AvgIpc) is 2.96. The van der Waals surface area contributed by atoms with Crippen LogP contribution in [0, 0.1) is 11.6 Å². The molecule has 10 heteroatoms. The summed E-state index contributed by atoms with van der Waals surface area (Å²) >= 11 is 0. The van der Waals surface area contributed by atoms with Crippen LogP contribution < -0.4 is 9.80 Å². The summed E-state index contributed by atoms with van der Waals surface area (Å²) < 4.78 is 25.8. The first-order valence-corrected chi connectivity index (χ1v) is 12.8. The summed E-state index contributed by atoms with van der Waals surface area (Å²) in [5.74, 6) is 1.79. The zero-order chi connectivity index (χ0) is 28.4. The number of hydrogen-bond donors (Lipinski definition) is 0. The molecule has 1 aromatic heterocycles. The fourth-order valence-electron chi connectivity index (χ4n) is 3.90. The van der Waals surface area contributed by atoms with Crippen molar-refractivity contribution in [3.8, 4) is 0 Å². The van der Waals surface area contributed by atoms with Crippen LogP contribution in [0.1, 0.15) is 31.4 Å². The topological polar surface area (TPSA) is 77.3 Å². The van der Waals surface area contributed by atoms with Crippen LogP contribution in [0.15, 0.2) is 70.8 Å². The Bertz CT molecular complexity index is 1280. The number of benzene rings is 2. The lowest BCUT2D eigenvalue weighted by Crippen LogP contribution is -2.48. The van der Waals surface area contributed by atoms with Crippen LogP contribution in [0.2, 0.25) is 0 Å². The van der Waals surface area contributed by atoms with Gasteiger partial charge in [0, 0.05) is 71.2 Å². The van der Waals surface area contributed by atoms with Gasteiger partial charge < -0.3 is 14.7 Å². The van der Waals surface area contributed by atoms with Gasteiger partial charge in [0.1, 0.15) is 17.5 Å². The highest BCUT2D eigenvalue weighted by Gasteiger charge is 2.21. The van der Waals surface area contributed by atoms with Gasteiger partial charge in [0.2, 0.25) is 11.9 Å². The predicted octanol–water partition coefficient (Wildman–Crippen LogP) is 4.45. The molecule has 1 saturated heterocycles. The Hall–Kier alpha value is -4.21. The van der Waals surface area contributed by atoms with Gasteiger partial charge >= 0.3 is 0 Å². The summed E-state index contributed by atoms with van der Waals surface area (Å²) in [6.07, 6.45) is 2.36. The third-order valence-corrected chi connectivity index (χ3v) is 6.14. The minimum atomic E-state index is -0.302. The highest BCUT2D eigenvalue weighted by atomic mass is 19.1. The lowest BCUT2D eigenvalue weighted by molar-refractivity contribution is -0.131. The highest BCUT2D eigenvalue weighted by Crippen LogP contribution is 2.16. The number of nitrogens with zero attached hydrogens (tertiary/aromatic N) is 7. The van der Waals surface area contributed by atoms with E-state index in [2.05, 4.69) is 24.9 Å². The molecule has 3 aromatic rings. The quantitative estimate of drug-likeness (QED) is 0.356. The van der Waals surface area contributed by atoms with Gasteiger partial charge in [0.25, 0.3) is 0 Å². The minimum Gasteiger partial charge on any atom is -0.353 e. The van der Waals surface area contributed by atoms with Crippen molar-refractivity contribution >= 4 is 29.2 Å². The zero-order valence-electron chi connectivity index (χ0n) is 23.1. The van der Waals surface area contributed by atoms with Crippen molar-refractivity contribution in [2.24, 2.45) is 9.98 Å². The average molecular weight is 536 g/mol. The van der Waals surface area contributed by atoms with E-state index in [1.807, 2.05) is 43.8 Å². The van der Waals surface area contributed by atoms with E-state index in [-0.39, 0.29) is 17.5 Å². The van der Waals surface area contributed by atoms with Gasteiger partial charge in [-0.05, 0) is 55.0 Å². The maximum atomic E-state index is 12.9. The number of anilines is 2. The van der Waals surface area contributed by atoms with Crippen molar-refractivity contribution < 1.29 is 13.6 Å². The summed E-state index contributed by atoms with van der Waals surface area (Å²) in [5, 5.41) is 0. The maximum Gasteiger partial charge on any atom is 0.226 e. The first-order chi connectivity index (χ1) is 18.7. The molecule has 0 radical (unpaired) electrons. The van der Waals surface area contributed by atoms with Crippen LogP contribution in [-0.2, 0) is 4.79 Å². The summed E-state index contributed by atoms with van der Waals surface area (Å²) in [6.45, 7) is 6.93. The molecule has 0 saturated carbocycles. The van der Waals surface area contributed by atoms with Crippen LogP contribution in [-0.4, -0.2) is 79.6 Å². The van der Waals surface area contributed by atoms with Crippen molar-refractivity contribution in [3.63, 3.8) is 0 Å². The molecule has 0 aliphatic carbocycles. The minimum absolute atomic E-state index is 0.233. The maximum absolute atomic E-state index is 12.9. The van der Waals surface area contributed by atoms with Crippen LogP contribution in [0.4, 0.5) is 20.5 Å². The van der Waals surface area contributed by atoms with Crippen LogP contribution in [0.5, 0.6) is 0 Å². The Morgan fingerprint density at radius 3 is 2.00 bits per heavy atom. The molecule has 4 rings (SSSR count). The van der Waals surface area contributed by atoms with E-state index in [0.29, 0.717) is 18.2 Å². The largest absolute Gasteiger partial charge is 0.353 e. The Morgan fingerprint density at radius 1 is 0.923 bits per heavy atom. The second kappa shape index (κ2) is 14.1. The number of amides is 1. The van der Waals surface area contributed by atoms with E-state index in [1.54, 1.807) is 37.5 Å². The molecule has 1 aliphatic rings. The number of rotatable bonds is 5. The van der Waals surface area contributed by atoms with Crippen molar-refractivity contribution in [1.82, 2.24) is 14.9 Å². The molecule has 206 valence electrons. The fourth-order valence-corrected chi connectivity index (χ4v) is 3.90. The van der Waals surface area contributed by atoms with Crippen molar-refractivity contribution in [2.75, 3.05) is 57.1 Å². The predicted molar refractivity (Wildman–Crippen MR) is 153 cm³/mol. The van der Waals surface area contributed by atoms with E-state index in [0.717, 1.165) is 48.8 Å². The van der Waals surface area contributed by atoms with Crippen LogP contribution in [0.25, 0.3) is 0 Å². The first-order valence-electron chi connectivity index (χ1n) is 12.8. The van der Waals surface area contributed by atoms with Gasteiger partial charge in [-0.1, -0.05) is 19.1 Å². The molecule has 1 fully saturated rings. The number of piperazine rings is 1. The monoisotopic (exact) mass is 535 g/mol. The third-order valence-electron chi connectivity index (χ3n) is 6.14. The molecule has 0 atom stereocenters. The number of aromatic nitrogens is 2. The first kappa shape index (κ1) is 29.3. The Labute approximate surface area is 228 Å². The van der Waals surface area contributed by atoms with Crippen molar-refractivity contribution in [3.05, 3.63) is 83.6 Å². The van der Waals surface area contributed by atoms with Crippen LogP contribution in [0.3, 0.4) is 0 Å². The molecule has 0 spiro atoms. The second-order valence-electron chi connectivity index (χ2n) is 9.09. The molecule has 0 N–H and O–H groups in total. The smallest absolute Gasteiger partial charge is 0.226 e. The Balaban J connectivity index is 0.000000216. The Kier molecular flexibility index (Phi) is 10.6. The molecule has 1 amide bonds. The van der Waals surface area contributed by atoms with Gasteiger partial charge in [-0.3, -0.25) is 9.79 Å². The molecule has 8 nitrogen and oxygen atoms in total. The van der Waals surface area contributed by atoms with Gasteiger partial charge in [-0.25, -0.2) is 18.8 Å². The standard InChI is InChI=1S/C16H14F2N2.C13H21N5O/c1-11(12-3-7-14(17)8-4-12)20-16(19-2)13-5-9-15(18)10-6-13;1-4-12(19)18-9-7-17(8-10-18)11-5-6-14-13(15-11)16(2)3/h3-10H,1-2H3;5-6H,4,7-10H2,1-3H3. The van der Waals surface area contributed by atoms with Crippen LogP contribution >= 0.6 is 0 Å². The number of amidine groups is 1. The molecule has 2 aromatic carbocycles. The number of aliphatic imine (C=N–C) groups is 2. The van der Waals surface area contributed by atoms with E-state index in [4.69, 9.17) is 0 Å². The SMILES string of the molecule is CCC(=O)N1CCN(c2ccnc(N(C)C)n2)CC1.CN=C(N=C(C)c1ccc(F)cc1)c1ccc(F)cc1. The second-order valence-corrected chi connectivity index (χ2v) is 9.09.